The van der Waals surface area contributed by atoms with Crippen LogP contribution in [0.15, 0.2) is 47.4 Å². The third kappa shape index (κ3) is 5.46. The molecule has 4 nitrogen and oxygen atoms in total. The molecule has 4 rings (SSSR count). The summed E-state index contributed by atoms with van der Waals surface area (Å²) in [6.45, 7) is 1.98. The van der Waals surface area contributed by atoms with E-state index in [-0.39, 0.29) is 23.7 Å². The summed E-state index contributed by atoms with van der Waals surface area (Å²) in [5.41, 5.74) is 1.31. The van der Waals surface area contributed by atoms with Gasteiger partial charge in [0.05, 0.1) is 21.7 Å². The lowest BCUT2D eigenvalue weighted by Gasteiger charge is -2.32. The predicted molar refractivity (Wildman–Crippen MR) is 126 cm³/mol. The van der Waals surface area contributed by atoms with E-state index in [0.29, 0.717) is 41.5 Å². The SMILES string of the molecule is O=C(c1ccc(Cl)c(Cl)c1)C1CCN(C(=O)c2ccccc2SCC2CCCO2)CC1. The summed E-state index contributed by atoms with van der Waals surface area (Å²) >= 11 is 13.7. The quantitative estimate of drug-likeness (QED) is 0.378. The third-order valence-electron chi connectivity index (χ3n) is 5.92. The molecule has 1 unspecified atom stereocenters. The molecule has 0 N–H and O–H groups in total. The highest BCUT2D eigenvalue weighted by Gasteiger charge is 2.29. The fraction of sp³-hybridized carbons (Fsp3) is 0.417. The van der Waals surface area contributed by atoms with Gasteiger partial charge in [0, 0.05) is 41.8 Å². The van der Waals surface area contributed by atoms with E-state index in [2.05, 4.69) is 0 Å². The van der Waals surface area contributed by atoms with Crippen molar-refractivity contribution in [3.05, 3.63) is 63.6 Å². The van der Waals surface area contributed by atoms with Crippen LogP contribution in [0, 0.1) is 5.92 Å². The molecule has 2 saturated heterocycles. The average molecular weight is 478 g/mol. The molecule has 1 atom stereocenters. The van der Waals surface area contributed by atoms with Gasteiger partial charge >= 0.3 is 0 Å². The van der Waals surface area contributed by atoms with E-state index in [4.69, 9.17) is 27.9 Å². The highest BCUT2D eigenvalue weighted by Crippen LogP contribution is 2.30. The molecule has 2 aliphatic rings. The Morgan fingerprint density at radius 3 is 2.52 bits per heavy atom. The highest BCUT2D eigenvalue weighted by molar-refractivity contribution is 7.99. The Bertz CT molecular complexity index is 954. The molecular formula is C24H25Cl2NO3S. The number of nitrogens with zero attached hydrogens (tertiary/aromatic N) is 1. The second kappa shape index (κ2) is 10.4. The van der Waals surface area contributed by atoms with Crippen molar-refractivity contribution in [1.29, 1.82) is 0 Å². The number of hydrogen-bond donors (Lipinski definition) is 0. The first-order chi connectivity index (χ1) is 15.0. The van der Waals surface area contributed by atoms with Crippen LogP contribution in [0.5, 0.6) is 0 Å². The number of rotatable bonds is 6. The zero-order valence-electron chi connectivity index (χ0n) is 17.2. The van der Waals surface area contributed by atoms with E-state index in [9.17, 15) is 9.59 Å². The van der Waals surface area contributed by atoms with Crippen molar-refractivity contribution in [2.75, 3.05) is 25.4 Å². The van der Waals surface area contributed by atoms with Gasteiger partial charge in [0.15, 0.2) is 5.78 Å². The van der Waals surface area contributed by atoms with Crippen molar-refractivity contribution < 1.29 is 14.3 Å². The number of Topliss-reactive ketones (excluding diaryl/α,β-unsaturated/α-hetero) is 1. The first-order valence-electron chi connectivity index (χ1n) is 10.6. The first kappa shape index (κ1) is 22.7. The molecule has 0 saturated carbocycles. The summed E-state index contributed by atoms with van der Waals surface area (Å²) in [5, 5.41) is 0.826. The van der Waals surface area contributed by atoms with Gasteiger partial charge in [-0.25, -0.2) is 0 Å². The summed E-state index contributed by atoms with van der Waals surface area (Å²) in [5.74, 6) is 0.865. The minimum Gasteiger partial charge on any atom is -0.377 e. The van der Waals surface area contributed by atoms with Crippen molar-refractivity contribution in [2.45, 2.75) is 36.7 Å². The van der Waals surface area contributed by atoms with Crippen LogP contribution < -0.4 is 0 Å². The van der Waals surface area contributed by atoms with Crippen LogP contribution in [0.1, 0.15) is 46.4 Å². The second-order valence-corrected chi connectivity index (χ2v) is 9.88. The Kier molecular flexibility index (Phi) is 7.59. The monoisotopic (exact) mass is 477 g/mol. The number of ether oxygens (including phenoxy) is 1. The first-order valence-corrected chi connectivity index (χ1v) is 12.4. The largest absolute Gasteiger partial charge is 0.377 e. The van der Waals surface area contributed by atoms with Crippen LogP contribution in [0.3, 0.4) is 0 Å². The fourth-order valence-electron chi connectivity index (χ4n) is 4.13. The van der Waals surface area contributed by atoms with E-state index in [1.54, 1.807) is 30.0 Å². The van der Waals surface area contributed by atoms with E-state index < -0.39 is 0 Å². The summed E-state index contributed by atoms with van der Waals surface area (Å²) < 4.78 is 5.71. The van der Waals surface area contributed by atoms with Gasteiger partial charge in [0.1, 0.15) is 0 Å². The van der Waals surface area contributed by atoms with Crippen molar-refractivity contribution in [1.82, 2.24) is 4.90 Å². The van der Waals surface area contributed by atoms with Gasteiger partial charge in [-0.3, -0.25) is 9.59 Å². The van der Waals surface area contributed by atoms with Crippen LogP contribution in [0.4, 0.5) is 0 Å². The number of halogens is 2. The lowest BCUT2D eigenvalue weighted by molar-refractivity contribution is 0.0647. The molecule has 0 bridgehead atoms. The molecule has 164 valence electrons. The normalized spacial score (nSPS) is 19.5. The molecule has 0 radical (unpaired) electrons. The molecule has 2 aromatic carbocycles. The van der Waals surface area contributed by atoms with Crippen LogP contribution >= 0.6 is 35.0 Å². The predicted octanol–water partition coefficient (Wildman–Crippen LogP) is 6.00. The van der Waals surface area contributed by atoms with Crippen molar-refractivity contribution >= 4 is 46.7 Å². The van der Waals surface area contributed by atoms with Gasteiger partial charge < -0.3 is 9.64 Å². The van der Waals surface area contributed by atoms with E-state index in [1.165, 1.54) is 0 Å². The summed E-state index contributed by atoms with van der Waals surface area (Å²) in [7, 11) is 0. The molecule has 0 aromatic heterocycles. The molecule has 0 spiro atoms. The van der Waals surface area contributed by atoms with E-state index in [0.717, 1.165) is 35.7 Å². The number of carbonyl (C=O) groups is 2. The lowest BCUT2D eigenvalue weighted by atomic mass is 9.88. The molecule has 2 fully saturated rings. The second-order valence-electron chi connectivity index (χ2n) is 8.00. The topological polar surface area (TPSA) is 46.6 Å². The third-order valence-corrected chi connectivity index (χ3v) is 7.87. The number of piperidine rings is 1. The number of carbonyl (C=O) groups excluding carboxylic acids is 2. The zero-order chi connectivity index (χ0) is 21.8. The Morgan fingerprint density at radius 2 is 1.81 bits per heavy atom. The molecular weight excluding hydrogens is 453 g/mol. The van der Waals surface area contributed by atoms with E-state index >= 15 is 0 Å². The van der Waals surface area contributed by atoms with Gasteiger partial charge in [-0.1, -0.05) is 35.3 Å². The van der Waals surface area contributed by atoms with Gasteiger partial charge in [-0.05, 0) is 56.0 Å². The van der Waals surface area contributed by atoms with Crippen LogP contribution in [0.25, 0.3) is 0 Å². The lowest BCUT2D eigenvalue weighted by Crippen LogP contribution is -2.40. The number of ketones is 1. The summed E-state index contributed by atoms with van der Waals surface area (Å²) in [6.07, 6.45) is 3.77. The number of amides is 1. The maximum atomic E-state index is 13.2. The Balaban J connectivity index is 1.37. The molecule has 2 aromatic rings. The molecule has 7 heteroatoms. The minimum atomic E-state index is -0.106. The number of benzene rings is 2. The van der Waals surface area contributed by atoms with Crippen molar-refractivity contribution in [2.24, 2.45) is 5.92 Å². The summed E-state index contributed by atoms with van der Waals surface area (Å²) in [4.78, 5) is 28.9. The molecule has 31 heavy (non-hydrogen) atoms. The van der Waals surface area contributed by atoms with Gasteiger partial charge in [0.2, 0.25) is 0 Å². The van der Waals surface area contributed by atoms with Crippen LogP contribution in [-0.4, -0.2) is 48.1 Å². The Hall–Kier alpha value is -1.53. The van der Waals surface area contributed by atoms with Gasteiger partial charge in [-0.2, -0.15) is 0 Å². The Labute approximate surface area is 197 Å². The molecule has 2 heterocycles. The zero-order valence-corrected chi connectivity index (χ0v) is 19.5. The smallest absolute Gasteiger partial charge is 0.254 e. The van der Waals surface area contributed by atoms with Crippen LogP contribution in [0.2, 0.25) is 10.0 Å². The number of thioether (sulfide) groups is 1. The number of likely N-dealkylation sites (tertiary alicyclic amines) is 1. The minimum absolute atomic E-state index is 0.0378. The molecule has 1 amide bonds. The average Bonchev–Trinajstić information content (AvgIpc) is 3.32. The van der Waals surface area contributed by atoms with Crippen molar-refractivity contribution in [3.63, 3.8) is 0 Å². The molecule has 2 aliphatic heterocycles. The summed E-state index contributed by atoms with van der Waals surface area (Å²) in [6, 6.07) is 12.8. The Morgan fingerprint density at radius 1 is 1.03 bits per heavy atom. The van der Waals surface area contributed by atoms with Gasteiger partial charge in [0.25, 0.3) is 5.91 Å². The maximum Gasteiger partial charge on any atom is 0.254 e. The highest BCUT2D eigenvalue weighted by atomic mass is 35.5. The standard InChI is InChI=1S/C24H25Cl2NO3S/c25-20-8-7-17(14-21(20)26)23(28)16-9-11-27(12-10-16)24(29)19-5-1-2-6-22(19)31-15-18-4-3-13-30-18/h1-2,5-8,14,16,18H,3-4,9-13,15H2. The molecule has 0 aliphatic carbocycles. The number of hydrogen-bond acceptors (Lipinski definition) is 4. The maximum absolute atomic E-state index is 13.2. The fourth-order valence-corrected chi connectivity index (χ4v) is 5.54. The van der Waals surface area contributed by atoms with E-state index in [1.807, 2.05) is 29.2 Å². The van der Waals surface area contributed by atoms with Crippen molar-refractivity contribution in [3.8, 4) is 0 Å². The van der Waals surface area contributed by atoms with Crippen LogP contribution in [-0.2, 0) is 4.74 Å². The van der Waals surface area contributed by atoms with Gasteiger partial charge in [-0.15, -0.1) is 11.8 Å².